The number of aliphatic hydroxyl groups is 3. The van der Waals surface area contributed by atoms with Gasteiger partial charge >= 0.3 is 0 Å². The lowest BCUT2D eigenvalue weighted by molar-refractivity contribution is -0.205. The molecule has 3 fully saturated rings. The van der Waals surface area contributed by atoms with Crippen LogP contribution in [0, 0.1) is 11.8 Å². The first-order valence-electron chi connectivity index (χ1n) is 9.23. The number of carbonyl (C=O) groups excluding carboxylic acids is 1. The van der Waals surface area contributed by atoms with Crippen molar-refractivity contribution in [3.8, 4) is 0 Å². The molecule has 1 aliphatic carbocycles. The van der Waals surface area contributed by atoms with Crippen LogP contribution in [0.25, 0.3) is 0 Å². The van der Waals surface area contributed by atoms with Gasteiger partial charge < -0.3 is 30.7 Å². The maximum atomic E-state index is 12.7. The molecule has 9 unspecified atom stereocenters. The van der Waals surface area contributed by atoms with Crippen LogP contribution in [-0.2, 0) is 9.53 Å². The molecule has 0 aromatic heterocycles. The van der Waals surface area contributed by atoms with E-state index in [0.29, 0.717) is 5.92 Å². The van der Waals surface area contributed by atoms with Crippen LogP contribution in [0.5, 0.6) is 0 Å². The smallest absolute Gasteiger partial charge is 0.237 e. The Bertz CT molecular complexity index is 508. The van der Waals surface area contributed by atoms with E-state index in [0.717, 1.165) is 18.9 Å². The number of aliphatic hydroxyl groups excluding tert-OH is 3. The van der Waals surface area contributed by atoms with Crippen molar-refractivity contribution in [1.82, 2.24) is 10.6 Å². The summed E-state index contributed by atoms with van der Waals surface area (Å²) in [7, 11) is 0. The first-order valence-corrected chi connectivity index (χ1v) is 11.0. The maximum Gasteiger partial charge on any atom is 0.237 e. The highest BCUT2D eigenvalue weighted by Crippen LogP contribution is 2.38. The van der Waals surface area contributed by atoms with E-state index in [9.17, 15) is 20.1 Å². The molecule has 0 spiro atoms. The molecule has 150 valence electrons. The summed E-state index contributed by atoms with van der Waals surface area (Å²) in [4.78, 5) is 12.7. The van der Waals surface area contributed by atoms with Gasteiger partial charge in [-0.15, -0.1) is 23.4 Å². The van der Waals surface area contributed by atoms with E-state index in [1.807, 2.05) is 0 Å². The largest absolute Gasteiger partial charge is 0.388 e. The van der Waals surface area contributed by atoms with E-state index >= 15 is 0 Å². The normalized spacial score (nSPS) is 42.6. The van der Waals surface area contributed by atoms with Gasteiger partial charge in [0.05, 0.1) is 17.5 Å². The topological polar surface area (TPSA) is 111 Å². The van der Waals surface area contributed by atoms with Crippen LogP contribution in [0.2, 0.25) is 0 Å². The van der Waals surface area contributed by atoms with E-state index in [1.165, 1.54) is 24.6 Å². The van der Waals surface area contributed by atoms with E-state index in [-0.39, 0.29) is 11.9 Å². The summed E-state index contributed by atoms with van der Waals surface area (Å²) in [5.41, 5.74) is -0.697. The zero-order chi connectivity index (χ0) is 19.0. The lowest BCUT2D eigenvalue weighted by atomic mass is 9.85. The number of amides is 1. The Balaban J connectivity index is 1.65. The van der Waals surface area contributed by atoms with Crippen molar-refractivity contribution in [2.45, 2.75) is 73.5 Å². The lowest BCUT2D eigenvalue weighted by Gasteiger charge is -2.45. The Kier molecular flexibility index (Phi) is 6.75. The first-order chi connectivity index (χ1) is 12.3. The number of ether oxygens (including phenoxy) is 1. The number of rotatable bonds is 7. The molecule has 0 radical (unpaired) electrons. The number of halogens is 1. The second-order valence-corrected chi connectivity index (χ2v) is 9.34. The van der Waals surface area contributed by atoms with Gasteiger partial charge in [-0.1, -0.05) is 12.8 Å². The van der Waals surface area contributed by atoms with Gasteiger partial charge in [-0.05, 0) is 31.4 Å². The summed E-state index contributed by atoms with van der Waals surface area (Å²) in [6.07, 6.45) is 0.526. The third kappa shape index (κ3) is 4.32. The first kappa shape index (κ1) is 20.6. The Morgan fingerprint density at radius 3 is 2.50 bits per heavy atom. The molecule has 26 heavy (non-hydrogen) atoms. The molecule has 2 heterocycles. The van der Waals surface area contributed by atoms with Crippen LogP contribution in [-0.4, -0.2) is 81.3 Å². The highest BCUT2D eigenvalue weighted by atomic mass is 35.5. The average Bonchev–Trinajstić information content (AvgIpc) is 3.39. The molecule has 0 aromatic rings. The zero-order valence-electron chi connectivity index (χ0n) is 15.0. The third-order valence-corrected chi connectivity index (χ3v) is 6.81. The quantitative estimate of drug-likeness (QED) is 0.366. The van der Waals surface area contributed by atoms with E-state index in [1.54, 1.807) is 13.2 Å². The molecular formula is C17H29ClN2O5S. The van der Waals surface area contributed by atoms with Crippen LogP contribution in [0.3, 0.4) is 0 Å². The monoisotopic (exact) mass is 408 g/mol. The van der Waals surface area contributed by atoms with Gasteiger partial charge in [-0.3, -0.25) is 4.79 Å². The zero-order valence-corrected chi connectivity index (χ0v) is 16.6. The van der Waals surface area contributed by atoms with E-state index in [4.69, 9.17) is 16.3 Å². The van der Waals surface area contributed by atoms with Crippen LogP contribution in [0.15, 0.2) is 0 Å². The standard InChI is InChI=1S/C17H29ClN2O5S/c1-7(18)10(15-13(22)12(21)14(23)17(25-15)26-2)20-16(24)11-9(6-19-11)5-8-3-4-8/h7-15,17,19,21-23H,3-6H2,1-2H3,(H,20,24). The highest BCUT2D eigenvalue weighted by molar-refractivity contribution is 7.99. The van der Waals surface area contributed by atoms with Crippen LogP contribution < -0.4 is 10.6 Å². The fourth-order valence-corrected chi connectivity index (χ4v) is 4.67. The van der Waals surface area contributed by atoms with Crippen LogP contribution in [0.4, 0.5) is 0 Å². The molecule has 9 atom stereocenters. The number of thioether (sulfide) groups is 1. The second-order valence-electron chi connectivity index (χ2n) is 7.71. The Labute approximate surface area is 163 Å². The van der Waals surface area contributed by atoms with Crippen LogP contribution in [0.1, 0.15) is 26.2 Å². The summed E-state index contributed by atoms with van der Waals surface area (Å²) >= 11 is 7.52. The average molecular weight is 409 g/mol. The number of carbonyl (C=O) groups is 1. The fourth-order valence-electron chi connectivity index (χ4n) is 3.79. The van der Waals surface area contributed by atoms with Crippen molar-refractivity contribution in [3.63, 3.8) is 0 Å². The Hall–Kier alpha value is -0.0900. The second kappa shape index (κ2) is 8.51. The van der Waals surface area contributed by atoms with Gasteiger partial charge in [0.25, 0.3) is 0 Å². The SMILES string of the molecule is CSC1OC(C(NC(=O)C2NCC2CC2CC2)C(C)Cl)C(O)C(O)C1O. The molecule has 7 nitrogen and oxygen atoms in total. The molecule has 0 aromatic carbocycles. The van der Waals surface area contributed by atoms with E-state index < -0.39 is 41.3 Å². The van der Waals surface area contributed by atoms with Crippen molar-refractivity contribution in [2.75, 3.05) is 12.8 Å². The van der Waals surface area contributed by atoms with Gasteiger partial charge in [-0.25, -0.2) is 0 Å². The number of nitrogens with one attached hydrogen (secondary N) is 2. The summed E-state index contributed by atoms with van der Waals surface area (Å²) in [6.45, 7) is 2.56. The molecule has 1 amide bonds. The van der Waals surface area contributed by atoms with Crippen molar-refractivity contribution >= 4 is 29.3 Å². The van der Waals surface area contributed by atoms with Gasteiger partial charge in [0.15, 0.2) is 0 Å². The predicted octanol–water partition coefficient (Wildman–Crippen LogP) is -0.343. The van der Waals surface area contributed by atoms with Gasteiger partial charge in [0.1, 0.15) is 29.9 Å². The Morgan fingerprint density at radius 1 is 1.31 bits per heavy atom. The minimum absolute atomic E-state index is 0.156. The fraction of sp³-hybridized carbons (Fsp3) is 0.941. The highest BCUT2D eigenvalue weighted by Gasteiger charge is 2.49. The molecule has 1 saturated carbocycles. The van der Waals surface area contributed by atoms with Gasteiger partial charge in [0, 0.05) is 6.54 Å². The maximum absolute atomic E-state index is 12.7. The molecule has 5 N–H and O–H groups in total. The summed E-state index contributed by atoms with van der Waals surface area (Å²) in [6, 6.07) is -0.930. The minimum atomic E-state index is -1.36. The van der Waals surface area contributed by atoms with Crippen molar-refractivity contribution in [1.29, 1.82) is 0 Å². The molecule has 2 aliphatic heterocycles. The van der Waals surface area contributed by atoms with Gasteiger partial charge in [0.2, 0.25) is 5.91 Å². The molecular weight excluding hydrogens is 380 g/mol. The summed E-state index contributed by atoms with van der Waals surface area (Å²) in [5.74, 6) is 0.927. The molecule has 0 bridgehead atoms. The minimum Gasteiger partial charge on any atom is -0.388 e. The van der Waals surface area contributed by atoms with Crippen molar-refractivity contribution in [2.24, 2.45) is 11.8 Å². The van der Waals surface area contributed by atoms with Crippen molar-refractivity contribution < 1.29 is 24.9 Å². The summed E-state index contributed by atoms with van der Waals surface area (Å²) < 4.78 is 5.77. The van der Waals surface area contributed by atoms with E-state index in [2.05, 4.69) is 10.6 Å². The van der Waals surface area contributed by atoms with Crippen molar-refractivity contribution in [3.05, 3.63) is 0 Å². The molecule has 9 heteroatoms. The Morgan fingerprint density at radius 2 is 2.00 bits per heavy atom. The summed E-state index contributed by atoms with van der Waals surface area (Å²) in [5, 5.41) is 36.1. The number of alkyl halides is 1. The molecule has 2 saturated heterocycles. The number of hydrogen-bond donors (Lipinski definition) is 5. The molecule has 3 aliphatic rings. The third-order valence-electron chi connectivity index (χ3n) is 5.68. The number of hydrogen-bond acceptors (Lipinski definition) is 7. The van der Waals surface area contributed by atoms with Gasteiger partial charge in [-0.2, -0.15) is 0 Å². The molecule has 3 rings (SSSR count). The lowest BCUT2D eigenvalue weighted by Crippen LogP contribution is -2.67. The van der Waals surface area contributed by atoms with Crippen LogP contribution >= 0.6 is 23.4 Å². The predicted molar refractivity (Wildman–Crippen MR) is 100 cm³/mol.